The maximum Gasteiger partial charge on any atom is 0.419 e. The average molecular weight is 530 g/mol. The van der Waals surface area contributed by atoms with E-state index >= 15 is 0 Å². The maximum absolute atomic E-state index is 13.8. The molecule has 0 unspecified atom stereocenters. The first-order chi connectivity index (χ1) is 17.3. The van der Waals surface area contributed by atoms with Gasteiger partial charge in [-0.15, -0.1) is 0 Å². The lowest BCUT2D eigenvalue weighted by atomic mass is 10.1. The first-order valence-electron chi connectivity index (χ1n) is 11.0. The first kappa shape index (κ1) is 26.3. The number of rotatable bonds is 6. The molecule has 0 radical (unpaired) electrons. The quantitative estimate of drug-likeness (QED) is 0.253. The number of alkyl halides is 6. The molecule has 0 aliphatic carbocycles. The number of halogens is 6. The fraction of sp³-hybridized carbons (Fsp3) is 0.348. The minimum absolute atomic E-state index is 0.0128. The van der Waals surface area contributed by atoms with E-state index in [2.05, 4.69) is 10.1 Å². The largest absolute Gasteiger partial charge is 0.493 e. The second-order valence-electron chi connectivity index (χ2n) is 8.38. The van der Waals surface area contributed by atoms with Gasteiger partial charge in [-0.3, -0.25) is 16.0 Å². The molecule has 1 aliphatic rings. The molecule has 1 aliphatic heterocycles. The molecule has 3 aromatic rings. The molecule has 0 spiro atoms. The van der Waals surface area contributed by atoms with Crippen LogP contribution >= 0.6 is 0 Å². The third-order valence-electron chi connectivity index (χ3n) is 5.87. The summed E-state index contributed by atoms with van der Waals surface area (Å²) in [6, 6.07) is 6.66. The van der Waals surface area contributed by atoms with E-state index in [1.54, 1.807) is 0 Å². The van der Waals surface area contributed by atoms with Crippen LogP contribution in [-0.2, 0) is 18.8 Å². The average Bonchev–Trinajstić information content (AvgIpc) is 3.45. The van der Waals surface area contributed by atoms with E-state index in [4.69, 9.17) is 20.7 Å². The van der Waals surface area contributed by atoms with E-state index in [0.29, 0.717) is 18.5 Å². The second-order valence-corrected chi connectivity index (χ2v) is 8.38. The van der Waals surface area contributed by atoms with Crippen LogP contribution in [0.4, 0.5) is 26.3 Å². The van der Waals surface area contributed by atoms with Crippen LogP contribution in [-0.4, -0.2) is 45.0 Å². The second kappa shape index (κ2) is 9.92. The molecule has 4 rings (SSSR count). The summed E-state index contributed by atoms with van der Waals surface area (Å²) in [5.41, 5.74) is 9.79. The van der Waals surface area contributed by atoms with Gasteiger partial charge in [-0.25, -0.2) is 0 Å². The Bertz CT molecular complexity index is 1280. The van der Waals surface area contributed by atoms with E-state index in [9.17, 15) is 31.4 Å². The third kappa shape index (κ3) is 5.79. The number of ether oxygens (including phenoxy) is 1. The number of aliphatic hydroxyl groups is 1. The summed E-state index contributed by atoms with van der Waals surface area (Å²) in [7, 11) is 0. The van der Waals surface area contributed by atoms with Gasteiger partial charge in [0.1, 0.15) is 5.75 Å². The van der Waals surface area contributed by atoms with Gasteiger partial charge in [0.15, 0.2) is 6.04 Å². The van der Waals surface area contributed by atoms with Gasteiger partial charge in [0.05, 0.1) is 30.4 Å². The molecule has 0 amide bonds. The predicted octanol–water partition coefficient (Wildman–Crippen LogP) is 3.49. The molecule has 1 aromatic heterocycles. The van der Waals surface area contributed by atoms with Crippen LogP contribution in [0, 0.1) is 0 Å². The third-order valence-corrected chi connectivity index (χ3v) is 5.87. The fourth-order valence-corrected chi connectivity index (χ4v) is 3.99. The molecule has 2 atom stereocenters. The number of aromatic nitrogens is 2. The van der Waals surface area contributed by atoms with Crippen molar-refractivity contribution in [2.45, 2.75) is 37.3 Å². The SMILES string of the molecule is NC(N)=[N+]1CC[C@H](O)[C@H]1c1nc(-c2ccc(OCCc3ccc(C(F)(F)F)cc3)c(C(F)(F)F)c2)no1. The number of benzene rings is 2. The number of aliphatic hydroxyl groups excluding tert-OH is 1. The number of nitrogens with two attached hydrogens (primary N) is 2. The Balaban J connectivity index is 1.51. The van der Waals surface area contributed by atoms with Gasteiger partial charge in [0.2, 0.25) is 5.82 Å². The number of hydrogen-bond acceptors (Lipinski definition) is 5. The van der Waals surface area contributed by atoms with E-state index in [1.807, 2.05) is 0 Å². The summed E-state index contributed by atoms with van der Waals surface area (Å²) in [6.45, 7) is 0.134. The van der Waals surface area contributed by atoms with E-state index in [1.165, 1.54) is 22.8 Å². The Hall–Kier alpha value is -3.81. The molecule has 1 saturated heterocycles. The first-order valence-corrected chi connectivity index (χ1v) is 11.0. The lowest BCUT2D eigenvalue weighted by Gasteiger charge is -2.15. The van der Waals surface area contributed by atoms with Crippen LogP contribution in [0.25, 0.3) is 11.4 Å². The molecule has 8 nitrogen and oxygen atoms in total. The molecular formula is C23H22F6N5O3+. The van der Waals surface area contributed by atoms with Crippen LogP contribution in [0.15, 0.2) is 47.0 Å². The van der Waals surface area contributed by atoms with Crippen molar-refractivity contribution in [2.24, 2.45) is 11.5 Å². The standard InChI is InChI=1S/C23H21F6N5O3/c24-22(25,26)14-4-1-12(2-5-14)8-10-36-17-6-3-13(11-15(17)23(27,28)29)19-32-20(37-33-19)18-16(35)7-9-34(18)21(30)31/h1-6,11,16,18,35H,7-10H2,(H3,30,31)/p+1/t16-,18-/m0/s1. The molecule has 198 valence electrons. The Morgan fingerprint density at radius 2 is 1.76 bits per heavy atom. The van der Waals surface area contributed by atoms with Crippen LogP contribution in [0.5, 0.6) is 5.75 Å². The molecule has 2 heterocycles. The summed E-state index contributed by atoms with van der Waals surface area (Å²) in [5.74, 6) is -0.737. The predicted molar refractivity (Wildman–Crippen MR) is 117 cm³/mol. The summed E-state index contributed by atoms with van der Waals surface area (Å²) < 4.78 is 91.3. The molecule has 1 fully saturated rings. The van der Waals surface area contributed by atoms with Crippen molar-refractivity contribution in [3.8, 4) is 17.1 Å². The minimum atomic E-state index is -4.78. The highest BCUT2D eigenvalue weighted by atomic mass is 19.4. The van der Waals surface area contributed by atoms with Crippen LogP contribution in [0.3, 0.4) is 0 Å². The van der Waals surface area contributed by atoms with Crippen LogP contribution < -0.4 is 16.2 Å². The summed E-state index contributed by atoms with van der Waals surface area (Å²) in [5, 5.41) is 14.0. The zero-order valence-electron chi connectivity index (χ0n) is 19.1. The molecule has 5 N–H and O–H groups in total. The molecule has 0 bridgehead atoms. The van der Waals surface area contributed by atoms with Gasteiger partial charge in [-0.05, 0) is 35.9 Å². The van der Waals surface area contributed by atoms with Crippen molar-refractivity contribution in [3.63, 3.8) is 0 Å². The van der Waals surface area contributed by atoms with Gasteiger partial charge in [0.25, 0.3) is 5.89 Å². The topological polar surface area (TPSA) is 123 Å². The lowest BCUT2D eigenvalue weighted by Crippen LogP contribution is -2.37. The minimum Gasteiger partial charge on any atom is -0.493 e. The van der Waals surface area contributed by atoms with E-state index < -0.39 is 41.4 Å². The Labute approximate surface area is 206 Å². The van der Waals surface area contributed by atoms with Gasteiger partial charge in [0, 0.05) is 18.4 Å². The van der Waals surface area contributed by atoms with Crippen molar-refractivity contribution in [1.29, 1.82) is 0 Å². The summed E-state index contributed by atoms with van der Waals surface area (Å²) in [6.07, 6.45) is -9.76. The van der Waals surface area contributed by atoms with Crippen molar-refractivity contribution in [1.82, 2.24) is 10.1 Å². The smallest absolute Gasteiger partial charge is 0.419 e. The highest BCUT2D eigenvalue weighted by Gasteiger charge is 2.40. The van der Waals surface area contributed by atoms with Crippen LogP contribution in [0.1, 0.15) is 35.0 Å². The summed E-state index contributed by atoms with van der Waals surface area (Å²) in [4.78, 5) is 4.13. The highest BCUT2D eigenvalue weighted by molar-refractivity contribution is 5.70. The van der Waals surface area contributed by atoms with Crippen molar-refractivity contribution < 1.29 is 45.3 Å². The normalized spacial score (nSPS) is 18.3. The fourth-order valence-electron chi connectivity index (χ4n) is 3.99. The Kier molecular flexibility index (Phi) is 7.04. The Morgan fingerprint density at radius 3 is 2.38 bits per heavy atom. The van der Waals surface area contributed by atoms with Crippen molar-refractivity contribution in [3.05, 3.63) is 65.0 Å². The van der Waals surface area contributed by atoms with Crippen molar-refractivity contribution >= 4 is 5.96 Å². The zero-order valence-corrected chi connectivity index (χ0v) is 19.1. The highest BCUT2D eigenvalue weighted by Crippen LogP contribution is 2.39. The lowest BCUT2D eigenvalue weighted by molar-refractivity contribution is -0.560. The van der Waals surface area contributed by atoms with Gasteiger partial charge >= 0.3 is 18.3 Å². The molecule has 2 aromatic carbocycles. The molecular weight excluding hydrogens is 508 g/mol. The Morgan fingerprint density at radius 1 is 1.05 bits per heavy atom. The van der Waals surface area contributed by atoms with Crippen molar-refractivity contribution in [2.75, 3.05) is 13.2 Å². The van der Waals surface area contributed by atoms with Gasteiger partial charge in [-0.2, -0.15) is 31.3 Å². The zero-order chi connectivity index (χ0) is 27.0. The van der Waals surface area contributed by atoms with E-state index in [-0.39, 0.29) is 36.3 Å². The number of nitrogens with zero attached hydrogens (tertiary/aromatic N) is 3. The number of hydrogen-bond donors (Lipinski definition) is 3. The molecule has 14 heteroatoms. The maximum atomic E-state index is 13.8. The summed E-state index contributed by atoms with van der Waals surface area (Å²) >= 11 is 0. The monoisotopic (exact) mass is 530 g/mol. The van der Waals surface area contributed by atoms with E-state index in [0.717, 1.165) is 24.3 Å². The molecule has 37 heavy (non-hydrogen) atoms. The van der Waals surface area contributed by atoms with Crippen LogP contribution in [0.2, 0.25) is 0 Å². The van der Waals surface area contributed by atoms with Gasteiger partial charge < -0.3 is 14.4 Å². The van der Waals surface area contributed by atoms with Gasteiger partial charge in [-0.1, -0.05) is 17.3 Å². The molecule has 0 saturated carbocycles. The number of guanidine groups is 1.